The summed E-state index contributed by atoms with van der Waals surface area (Å²) in [6.45, 7) is 3.67. The van der Waals surface area contributed by atoms with E-state index in [0.717, 1.165) is 5.56 Å². The number of ether oxygens (including phenoxy) is 3. The Morgan fingerprint density at radius 3 is 2.54 bits per heavy atom. The van der Waals surface area contributed by atoms with Crippen molar-refractivity contribution >= 4 is 29.2 Å². The topological polar surface area (TPSA) is 73.9 Å². The van der Waals surface area contributed by atoms with Crippen LogP contribution in [-0.4, -0.2) is 32.2 Å². The maximum Gasteiger partial charge on any atom is 0.338 e. The normalized spacial score (nSPS) is 10.2. The average molecular weight is 378 g/mol. The second-order valence-corrected chi connectivity index (χ2v) is 5.82. The lowest BCUT2D eigenvalue weighted by Crippen LogP contribution is -2.21. The Morgan fingerprint density at radius 2 is 1.88 bits per heavy atom. The molecule has 1 amide bonds. The summed E-state index contributed by atoms with van der Waals surface area (Å²) >= 11 is 5.88. The summed E-state index contributed by atoms with van der Waals surface area (Å²) in [5, 5.41) is 3.25. The number of carbonyl (C=O) groups excluding carboxylic acids is 2. The van der Waals surface area contributed by atoms with Crippen LogP contribution in [0.1, 0.15) is 22.8 Å². The number of carbonyl (C=O) groups is 2. The molecule has 2 rings (SSSR count). The third kappa shape index (κ3) is 5.13. The number of esters is 1. The highest BCUT2D eigenvalue weighted by Gasteiger charge is 2.14. The van der Waals surface area contributed by atoms with Crippen molar-refractivity contribution in [1.82, 2.24) is 0 Å². The van der Waals surface area contributed by atoms with Gasteiger partial charge in [-0.05, 0) is 55.8 Å². The highest BCUT2D eigenvalue weighted by atomic mass is 35.5. The second kappa shape index (κ2) is 9.10. The first-order valence-electron chi connectivity index (χ1n) is 7.98. The largest absolute Gasteiger partial charge is 0.493 e. The van der Waals surface area contributed by atoms with Crippen molar-refractivity contribution in [3.05, 3.63) is 52.5 Å². The molecule has 0 bridgehead atoms. The van der Waals surface area contributed by atoms with Crippen LogP contribution in [0.5, 0.6) is 11.5 Å². The number of anilines is 1. The van der Waals surface area contributed by atoms with Crippen molar-refractivity contribution in [2.45, 2.75) is 13.8 Å². The van der Waals surface area contributed by atoms with Crippen LogP contribution in [0.15, 0.2) is 36.4 Å². The first kappa shape index (κ1) is 19.6. The lowest BCUT2D eigenvalue weighted by Gasteiger charge is -2.11. The Hall–Kier alpha value is -2.73. The van der Waals surface area contributed by atoms with Gasteiger partial charge < -0.3 is 19.5 Å². The predicted octanol–water partition coefficient (Wildman–Crippen LogP) is 3.85. The molecular weight excluding hydrogens is 358 g/mol. The van der Waals surface area contributed by atoms with Crippen LogP contribution in [0.4, 0.5) is 5.69 Å². The lowest BCUT2D eigenvalue weighted by atomic mass is 10.2. The Balaban J connectivity index is 1.97. The van der Waals surface area contributed by atoms with Gasteiger partial charge in [0.25, 0.3) is 5.91 Å². The summed E-state index contributed by atoms with van der Waals surface area (Å²) in [5.74, 6) is -0.121. The zero-order valence-electron chi connectivity index (χ0n) is 14.8. The van der Waals surface area contributed by atoms with Crippen molar-refractivity contribution in [2.24, 2.45) is 0 Å². The van der Waals surface area contributed by atoms with E-state index in [9.17, 15) is 9.59 Å². The molecule has 1 N–H and O–H groups in total. The van der Waals surface area contributed by atoms with E-state index in [0.29, 0.717) is 28.8 Å². The van der Waals surface area contributed by atoms with E-state index in [1.807, 2.05) is 13.8 Å². The van der Waals surface area contributed by atoms with E-state index < -0.39 is 18.5 Å². The smallest absolute Gasteiger partial charge is 0.338 e. The molecule has 0 spiro atoms. The minimum absolute atomic E-state index is 0.268. The quantitative estimate of drug-likeness (QED) is 0.742. The Morgan fingerprint density at radius 1 is 1.12 bits per heavy atom. The molecule has 0 aliphatic rings. The molecule has 7 heteroatoms. The number of rotatable bonds is 7. The molecule has 0 aromatic heterocycles. The maximum atomic E-state index is 12.2. The number of nitrogens with one attached hydrogen (secondary N) is 1. The fourth-order valence-corrected chi connectivity index (χ4v) is 2.47. The average Bonchev–Trinajstić information content (AvgIpc) is 2.62. The van der Waals surface area contributed by atoms with Crippen LogP contribution >= 0.6 is 11.6 Å². The van der Waals surface area contributed by atoms with Crippen molar-refractivity contribution in [3.8, 4) is 11.5 Å². The standard InChI is InChI=1S/C19H20ClNO5/c1-4-25-17-10-13(5-8-16(17)24-3)19(23)26-11-18(22)21-15-7-6-14(20)9-12(15)2/h5-10H,4,11H2,1-3H3,(H,21,22). The first-order chi connectivity index (χ1) is 12.4. The molecule has 0 saturated carbocycles. The monoisotopic (exact) mass is 377 g/mol. The van der Waals surface area contributed by atoms with Gasteiger partial charge in [-0.15, -0.1) is 0 Å². The number of aryl methyl sites for hydroxylation is 1. The van der Waals surface area contributed by atoms with E-state index in [4.69, 9.17) is 25.8 Å². The Labute approximate surface area is 157 Å². The molecule has 2 aromatic carbocycles. The summed E-state index contributed by atoms with van der Waals surface area (Å²) in [4.78, 5) is 24.1. The molecule has 26 heavy (non-hydrogen) atoms. The van der Waals surface area contributed by atoms with Gasteiger partial charge in [-0.25, -0.2) is 4.79 Å². The molecule has 2 aromatic rings. The molecule has 0 atom stereocenters. The third-order valence-corrected chi connectivity index (χ3v) is 3.73. The van der Waals surface area contributed by atoms with Crippen molar-refractivity contribution in [2.75, 3.05) is 25.6 Å². The van der Waals surface area contributed by atoms with E-state index in [-0.39, 0.29) is 5.56 Å². The van der Waals surface area contributed by atoms with Gasteiger partial charge in [-0.3, -0.25) is 4.79 Å². The van der Waals surface area contributed by atoms with Crippen molar-refractivity contribution in [1.29, 1.82) is 0 Å². The molecule has 0 fully saturated rings. The van der Waals surface area contributed by atoms with Gasteiger partial charge in [0, 0.05) is 10.7 Å². The van der Waals surface area contributed by atoms with E-state index in [2.05, 4.69) is 5.32 Å². The van der Waals surface area contributed by atoms with Gasteiger partial charge >= 0.3 is 5.97 Å². The van der Waals surface area contributed by atoms with Gasteiger partial charge in [0.05, 0.1) is 19.3 Å². The van der Waals surface area contributed by atoms with E-state index in [1.165, 1.54) is 13.2 Å². The number of methoxy groups -OCH3 is 1. The van der Waals surface area contributed by atoms with Crippen molar-refractivity contribution < 1.29 is 23.8 Å². The number of benzene rings is 2. The van der Waals surface area contributed by atoms with Crippen LogP contribution in [0.2, 0.25) is 5.02 Å². The number of amides is 1. The number of halogens is 1. The highest BCUT2D eigenvalue weighted by molar-refractivity contribution is 6.30. The van der Waals surface area contributed by atoms with Gasteiger partial charge in [0.2, 0.25) is 0 Å². The first-order valence-corrected chi connectivity index (χ1v) is 8.36. The van der Waals surface area contributed by atoms with E-state index in [1.54, 1.807) is 30.3 Å². The number of hydrogen-bond acceptors (Lipinski definition) is 5. The summed E-state index contributed by atoms with van der Waals surface area (Å²) < 4.78 is 15.6. The van der Waals surface area contributed by atoms with Crippen LogP contribution < -0.4 is 14.8 Å². The lowest BCUT2D eigenvalue weighted by molar-refractivity contribution is -0.119. The molecule has 0 unspecified atom stereocenters. The SMILES string of the molecule is CCOc1cc(C(=O)OCC(=O)Nc2ccc(Cl)cc2C)ccc1OC. The van der Waals surface area contributed by atoms with Crippen LogP contribution in [0, 0.1) is 6.92 Å². The molecule has 138 valence electrons. The molecule has 0 saturated heterocycles. The van der Waals surface area contributed by atoms with Crippen LogP contribution in [0.3, 0.4) is 0 Å². The maximum absolute atomic E-state index is 12.2. The van der Waals surface area contributed by atoms with Crippen LogP contribution in [-0.2, 0) is 9.53 Å². The number of hydrogen-bond donors (Lipinski definition) is 1. The molecule has 0 heterocycles. The van der Waals surface area contributed by atoms with Gasteiger partial charge in [-0.2, -0.15) is 0 Å². The van der Waals surface area contributed by atoms with Gasteiger partial charge in [0.15, 0.2) is 18.1 Å². The summed E-state index contributed by atoms with van der Waals surface area (Å²) in [5.41, 5.74) is 1.69. The molecule has 0 aliphatic heterocycles. The predicted molar refractivity (Wildman–Crippen MR) is 99.3 cm³/mol. The van der Waals surface area contributed by atoms with Crippen LogP contribution in [0.25, 0.3) is 0 Å². The Kier molecular flexibility index (Phi) is 6.86. The fourth-order valence-electron chi connectivity index (χ4n) is 2.24. The summed E-state index contributed by atoms with van der Waals surface area (Å²) in [7, 11) is 1.51. The molecular formula is C19H20ClNO5. The van der Waals surface area contributed by atoms with Gasteiger partial charge in [-0.1, -0.05) is 11.6 Å². The van der Waals surface area contributed by atoms with Gasteiger partial charge in [0.1, 0.15) is 0 Å². The Bertz CT molecular complexity index is 807. The highest BCUT2D eigenvalue weighted by Crippen LogP contribution is 2.28. The zero-order valence-corrected chi connectivity index (χ0v) is 15.6. The fraction of sp³-hybridized carbons (Fsp3) is 0.263. The van der Waals surface area contributed by atoms with E-state index >= 15 is 0 Å². The molecule has 6 nitrogen and oxygen atoms in total. The molecule has 0 radical (unpaired) electrons. The minimum Gasteiger partial charge on any atom is -0.493 e. The van der Waals surface area contributed by atoms with Crippen molar-refractivity contribution in [3.63, 3.8) is 0 Å². The zero-order chi connectivity index (χ0) is 19.1. The third-order valence-electron chi connectivity index (χ3n) is 3.50. The summed E-state index contributed by atoms with van der Waals surface area (Å²) in [6, 6.07) is 9.77. The second-order valence-electron chi connectivity index (χ2n) is 5.38. The summed E-state index contributed by atoms with van der Waals surface area (Å²) in [6.07, 6.45) is 0. The minimum atomic E-state index is -0.628. The molecule has 0 aliphatic carbocycles.